The van der Waals surface area contributed by atoms with Gasteiger partial charge in [-0.15, -0.1) is 0 Å². The van der Waals surface area contributed by atoms with Gasteiger partial charge in [-0.1, -0.05) is 45.7 Å². The van der Waals surface area contributed by atoms with E-state index in [1.165, 1.54) is 0 Å². The van der Waals surface area contributed by atoms with Gasteiger partial charge in [0.05, 0.1) is 17.8 Å². The maximum absolute atomic E-state index is 12.8. The molecule has 250 valence electrons. The van der Waals surface area contributed by atoms with Crippen LogP contribution in [0.25, 0.3) is 22.3 Å². The number of benzene rings is 1. The zero-order chi connectivity index (χ0) is 34.0. The standard InChI is InChI=1S/C29H29N7O2.C6H14O.C2H6/c1-3-5-27(37)34-22-6-4-13-36(17-22)24-11-12-30-23(14-24)15-28(38)33-21-9-7-20(8-10-21)26-16-25-19(2)31-18-32-29(25)35-26;1-3-5-7-6-4-2;1-2/h7-12,14,16,18,22H,4,6,13,15,17H2,1-2H3,(H,33,38)(H,34,37)(H,31,32,35);3-6H2,1-2H3;1-2H3. The summed E-state index contributed by atoms with van der Waals surface area (Å²) in [6.07, 6.45) is 7.60. The second-order valence-corrected chi connectivity index (χ2v) is 11.0. The minimum atomic E-state index is -0.245. The van der Waals surface area contributed by atoms with Crippen molar-refractivity contribution in [2.45, 2.75) is 79.7 Å². The van der Waals surface area contributed by atoms with E-state index >= 15 is 0 Å². The van der Waals surface area contributed by atoms with Crippen molar-refractivity contribution in [3.8, 4) is 23.1 Å². The number of nitrogens with zero attached hydrogens (tertiary/aromatic N) is 4. The first-order valence-electron chi connectivity index (χ1n) is 16.6. The number of anilines is 2. The highest BCUT2D eigenvalue weighted by atomic mass is 16.5. The van der Waals surface area contributed by atoms with Gasteiger partial charge in [-0.05, 0) is 81.3 Å². The number of aryl methyl sites for hydroxylation is 1. The van der Waals surface area contributed by atoms with Crippen LogP contribution in [0.1, 0.15) is 71.7 Å². The Morgan fingerprint density at radius 1 is 1.04 bits per heavy atom. The number of rotatable bonds is 10. The fraction of sp³-hybridized carbons (Fsp3) is 0.432. The summed E-state index contributed by atoms with van der Waals surface area (Å²) < 4.78 is 5.13. The smallest absolute Gasteiger partial charge is 0.296 e. The Morgan fingerprint density at radius 2 is 1.79 bits per heavy atom. The Morgan fingerprint density at radius 3 is 2.47 bits per heavy atom. The second kappa shape index (κ2) is 19.7. The zero-order valence-electron chi connectivity index (χ0n) is 28.7. The zero-order valence-corrected chi connectivity index (χ0v) is 28.7. The quantitative estimate of drug-likeness (QED) is 0.134. The molecular formula is C37H49N7O3. The van der Waals surface area contributed by atoms with Crippen molar-refractivity contribution < 1.29 is 14.3 Å². The van der Waals surface area contributed by atoms with Gasteiger partial charge in [0.1, 0.15) is 12.0 Å². The van der Waals surface area contributed by atoms with E-state index in [2.05, 4.69) is 61.2 Å². The van der Waals surface area contributed by atoms with Gasteiger partial charge in [0.15, 0.2) is 0 Å². The lowest BCUT2D eigenvalue weighted by Gasteiger charge is -2.34. The van der Waals surface area contributed by atoms with Crippen LogP contribution < -0.4 is 15.5 Å². The second-order valence-electron chi connectivity index (χ2n) is 11.0. The van der Waals surface area contributed by atoms with Crippen LogP contribution >= 0.6 is 0 Å². The molecule has 1 unspecified atom stereocenters. The van der Waals surface area contributed by atoms with Crippen LogP contribution in [0.5, 0.6) is 0 Å². The first-order valence-corrected chi connectivity index (χ1v) is 16.6. The molecule has 3 N–H and O–H groups in total. The van der Waals surface area contributed by atoms with E-state index in [1.54, 1.807) is 19.4 Å². The molecule has 1 aromatic carbocycles. The lowest BCUT2D eigenvalue weighted by atomic mass is 10.0. The molecule has 10 heteroatoms. The molecule has 0 bridgehead atoms. The Labute approximate surface area is 279 Å². The van der Waals surface area contributed by atoms with Crippen LogP contribution in [0.4, 0.5) is 11.4 Å². The number of carbonyl (C=O) groups is 2. The lowest BCUT2D eigenvalue weighted by Crippen LogP contribution is -2.47. The van der Waals surface area contributed by atoms with Crippen LogP contribution in [0.15, 0.2) is 55.0 Å². The number of piperidine rings is 1. The molecule has 47 heavy (non-hydrogen) atoms. The highest BCUT2D eigenvalue weighted by molar-refractivity contribution is 5.94. The number of aromatic nitrogens is 4. The van der Waals surface area contributed by atoms with Gasteiger partial charge >= 0.3 is 0 Å². The van der Waals surface area contributed by atoms with Crippen LogP contribution in [0.3, 0.4) is 0 Å². The SMILES string of the molecule is CC.CC#CC(=O)NC1CCCN(c2ccnc(CC(=O)Nc3ccc(-c4cc5c(C)ncnc5[nH]4)cc3)c2)C1.CCCOCCC. The third-order valence-electron chi connectivity index (χ3n) is 7.30. The van der Waals surface area contributed by atoms with Crippen molar-refractivity contribution >= 4 is 34.2 Å². The van der Waals surface area contributed by atoms with Crippen molar-refractivity contribution in [1.82, 2.24) is 25.3 Å². The van der Waals surface area contributed by atoms with E-state index in [-0.39, 0.29) is 24.3 Å². The predicted molar refractivity (Wildman–Crippen MR) is 190 cm³/mol. The van der Waals surface area contributed by atoms with E-state index in [0.717, 1.165) is 79.1 Å². The Bertz CT molecular complexity index is 1620. The van der Waals surface area contributed by atoms with E-state index in [9.17, 15) is 9.59 Å². The van der Waals surface area contributed by atoms with Gasteiger partial charge in [0, 0.05) is 61.0 Å². The molecule has 1 aliphatic rings. The maximum Gasteiger partial charge on any atom is 0.296 e. The van der Waals surface area contributed by atoms with Gasteiger partial charge < -0.3 is 25.3 Å². The molecule has 3 aromatic heterocycles. The topological polar surface area (TPSA) is 125 Å². The van der Waals surface area contributed by atoms with Gasteiger partial charge in [-0.3, -0.25) is 14.6 Å². The molecule has 1 saturated heterocycles. The molecule has 1 fully saturated rings. The van der Waals surface area contributed by atoms with Gasteiger partial charge in [-0.25, -0.2) is 9.97 Å². The summed E-state index contributed by atoms with van der Waals surface area (Å²) in [4.78, 5) is 43.1. The van der Waals surface area contributed by atoms with E-state index < -0.39 is 0 Å². The average Bonchev–Trinajstić information content (AvgIpc) is 3.53. The van der Waals surface area contributed by atoms with Crippen LogP contribution in [0.2, 0.25) is 0 Å². The number of amides is 2. The number of hydrogen-bond donors (Lipinski definition) is 3. The number of ether oxygens (including phenoxy) is 1. The lowest BCUT2D eigenvalue weighted by molar-refractivity contribution is -0.117. The van der Waals surface area contributed by atoms with Crippen LogP contribution in [-0.2, 0) is 20.7 Å². The molecule has 4 aromatic rings. The number of nitrogens with one attached hydrogen (secondary N) is 3. The number of H-pyrrole nitrogens is 1. The summed E-state index contributed by atoms with van der Waals surface area (Å²) in [5.41, 5.74) is 6.06. The summed E-state index contributed by atoms with van der Waals surface area (Å²) in [6, 6.07) is 13.6. The number of carbonyl (C=O) groups excluding carboxylic acids is 2. The minimum Gasteiger partial charge on any atom is -0.381 e. The third kappa shape index (κ3) is 11.5. The molecule has 10 nitrogen and oxygen atoms in total. The minimum absolute atomic E-state index is 0.0429. The van der Waals surface area contributed by atoms with Crippen molar-refractivity contribution in [3.05, 3.63) is 66.4 Å². The van der Waals surface area contributed by atoms with Gasteiger partial charge in [0.25, 0.3) is 5.91 Å². The molecule has 4 heterocycles. The van der Waals surface area contributed by atoms with Crippen molar-refractivity contribution in [1.29, 1.82) is 0 Å². The average molecular weight is 640 g/mol. The predicted octanol–water partition coefficient (Wildman–Crippen LogP) is 6.47. The normalized spacial score (nSPS) is 13.7. The van der Waals surface area contributed by atoms with E-state index in [1.807, 2.05) is 63.2 Å². The highest BCUT2D eigenvalue weighted by Gasteiger charge is 2.22. The van der Waals surface area contributed by atoms with Crippen LogP contribution in [0, 0.1) is 18.8 Å². The summed E-state index contributed by atoms with van der Waals surface area (Å²) in [5, 5.41) is 6.93. The maximum atomic E-state index is 12.8. The first-order chi connectivity index (χ1) is 22.9. The van der Waals surface area contributed by atoms with Crippen molar-refractivity contribution in [2.24, 2.45) is 0 Å². The molecular weight excluding hydrogens is 590 g/mol. The number of aromatic amines is 1. The summed E-state index contributed by atoms with van der Waals surface area (Å²) in [7, 11) is 0. The summed E-state index contributed by atoms with van der Waals surface area (Å²) in [6.45, 7) is 15.3. The molecule has 0 aliphatic carbocycles. The van der Waals surface area contributed by atoms with E-state index in [4.69, 9.17) is 4.74 Å². The summed E-state index contributed by atoms with van der Waals surface area (Å²) >= 11 is 0. The molecule has 1 atom stereocenters. The first kappa shape index (κ1) is 36.7. The number of fused-ring (bicyclic) bond motifs is 1. The molecule has 5 rings (SSSR count). The Balaban J connectivity index is 0.000000593. The summed E-state index contributed by atoms with van der Waals surface area (Å²) in [5.74, 6) is 4.79. The van der Waals surface area contributed by atoms with Gasteiger partial charge in [0.2, 0.25) is 5.91 Å². The van der Waals surface area contributed by atoms with Gasteiger partial charge in [-0.2, -0.15) is 0 Å². The Kier molecular flexibility index (Phi) is 15.4. The monoisotopic (exact) mass is 639 g/mol. The molecule has 0 saturated carbocycles. The molecule has 2 amide bonds. The fourth-order valence-corrected chi connectivity index (χ4v) is 5.14. The molecule has 0 spiro atoms. The van der Waals surface area contributed by atoms with Crippen molar-refractivity contribution in [3.63, 3.8) is 0 Å². The number of hydrogen-bond acceptors (Lipinski definition) is 7. The largest absolute Gasteiger partial charge is 0.381 e. The van der Waals surface area contributed by atoms with Crippen molar-refractivity contribution in [2.75, 3.05) is 36.5 Å². The highest BCUT2D eigenvalue weighted by Crippen LogP contribution is 2.26. The molecule has 1 aliphatic heterocycles. The Hall–Kier alpha value is -4.75. The van der Waals surface area contributed by atoms with Crippen LogP contribution in [-0.4, -0.2) is 64.1 Å². The fourth-order valence-electron chi connectivity index (χ4n) is 5.14. The molecule has 0 radical (unpaired) electrons. The van der Waals surface area contributed by atoms with E-state index in [0.29, 0.717) is 17.9 Å². The third-order valence-corrected chi connectivity index (χ3v) is 7.30. The number of pyridine rings is 1.